The number of benzene rings is 1. The molecule has 0 saturated heterocycles. The SMILES string of the molecule is COc1cccc(C(NN)c2sccc2OC)c1. The molecule has 1 heterocycles. The lowest BCUT2D eigenvalue weighted by Gasteiger charge is -2.17. The van der Waals surface area contributed by atoms with Crippen LogP contribution in [0.5, 0.6) is 11.5 Å². The molecule has 1 atom stereocenters. The van der Waals surface area contributed by atoms with E-state index < -0.39 is 0 Å². The molecule has 0 aliphatic heterocycles. The van der Waals surface area contributed by atoms with Gasteiger partial charge >= 0.3 is 0 Å². The molecule has 18 heavy (non-hydrogen) atoms. The highest BCUT2D eigenvalue weighted by Crippen LogP contribution is 2.35. The third-order valence-corrected chi connectivity index (χ3v) is 3.70. The maximum atomic E-state index is 5.67. The van der Waals surface area contributed by atoms with Crippen LogP contribution in [0.3, 0.4) is 0 Å². The van der Waals surface area contributed by atoms with Crippen molar-refractivity contribution in [3.8, 4) is 11.5 Å². The van der Waals surface area contributed by atoms with E-state index >= 15 is 0 Å². The molecule has 1 unspecified atom stereocenters. The number of methoxy groups -OCH3 is 2. The molecule has 96 valence electrons. The fraction of sp³-hybridized carbons (Fsp3) is 0.231. The van der Waals surface area contributed by atoms with Gasteiger partial charge in [-0.1, -0.05) is 12.1 Å². The van der Waals surface area contributed by atoms with Gasteiger partial charge in [0, 0.05) is 0 Å². The van der Waals surface area contributed by atoms with Crippen molar-refractivity contribution in [1.82, 2.24) is 5.43 Å². The van der Waals surface area contributed by atoms with Gasteiger partial charge in [-0.15, -0.1) is 11.3 Å². The summed E-state index contributed by atoms with van der Waals surface area (Å²) in [7, 11) is 3.31. The molecule has 5 heteroatoms. The summed E-state index contributed by atoms with van der Waals surface area (Å²) in [6.45, 7) is 0. The molecule has 0 aliphatic rings. The number of hydrogen-bond acceptors (Lipinski definition) is 5. The summed E-state index contributed by atoms with van der Waals surface area (Å²) < 4.78 is 10.6. The zero-order valence-corrected chi connectivity index (χ0v) is 11.2. The summed E-state index contributed by atoms with van der Waals surface area (Å²) in [5.41, 5.74) is 3.86. The predicted octanol–water partition coefficient (Wildman–Crippen LogP) is 2.32. The van der Waals surface area contributed by atoms with Crippen LogP contribution in [0.1, 0.15) is 16.5 Å². The minimum absolute atomic E-state index is 0.102. The maximum Gasteiger partial charge on any atom is 0.134 e. The smallest absolute Gasteiger partial charge is 0.134 e. The molecule has 0 spiro atoms. The number of hydrogen-bond donors (Lipinski definition) is 2. The third-order valence-electron chi connectivity index (χ3n) is 2.73. The van der Waals surface area contributed by atoms with Crippen LogP contribution >= 0.6 is 11.3 Å². The summed E-state index contributed by atoms with van der Waals surface area (Å²) in [6.07, 6.45) is 0. The van der Waals surface area contributed by atoms with Crippen LogP contribution in [0.2, 0.25) is 0 Å². The lowest BCUT2D eigenvalue weighted by molar-refractivity contribution is 0.406. The molecular weight excluding hydrogens is 248 g/mol. The van der Waals surface area contributed by atoms with Gasteiger partial charge in [0.05, 0.1) is 25.1 Å². The van der Waals surface area contributed by atoms with Gasteiger partial charge in [-0.05, 0) is 29.1 Å². The summed E-state index contributed by atoms with van der Waals surface area (Å²) in [4.78, 5) is 1.05. The number of nitrogens with two attached hydrogens (primary N) is 1. The van der Waals surface area contributed by atoms with Crippen molar-refractivity contribution in [3.63, 3.8) is 0 Å². The predicted molar refractivity (Wildman–Crippen MR) is 73.0 cm³/mol. The number of hydrazine groups is 1. The van der Waals surface area contributed by atoms with Crippen LogP contribution in [-0.2, 0) is 0 Å². The summed E-state index contributed by atoms with van der Waals surface area (Å²) in [5, 5.41) is 1.98. The topological polar surface area (TPSA) is 56.5 Å². The lowest BCUT2D eigenvalue weighted by Crippen LogP contribution is -2.28. The average Bonchev–Trinajstić information content (AvgIpc) is 2.88. The molecular formula is C13H16N2O2S. The fourth-order valence-electron chi connectivity index (χ4n) is 1.83. The van der Waals surface area contributed by atoms with Crippen LogP contribution < -0.4 is 20.7 Å². The van der Waals surface area contributed by atoms with E-state index in [0.717, 1.165) is 21.9 Å². The van der Waals surface area contributed by atoms with Crippen LogP contribution in [0.25, 0.3) is 0 Å². The molecule has 2 rings (SSSR count). The Kier molecular flexibility index (Phi) is 4.19. The third kappa shape index (κ3) is 2.48. The molecule has 4 nitrogen and oxygen atoms in total. The molecule has 0 amide bonds. The second-order valence-corrected chi connectivity index (χ2v) is 4.68. The number of ether oxygens (including phenoxy) is 2. The van der Waals surface area contributed by atoms with E-state index in [-0.39, 0.29) is 6.04 Å². The Morgan fingerprint density at radius 3 is 2.72 bits per heavy atom. The summed E-state index contributed by atoms with van der Waals surface area (Å²) >= 11 is 1.61. The summed E-state index contributed by atoms with van der Waals surface area (Å²) in [6, 6.07) is 9.65. The Morgan fingerprint density at radius 2 is 2.06 bits per heavy atom. The van der Waals surface area contributed by atoms with Crippen molar-refractivity contribution < 1.29 is 9.47 Å². The van der Waals surface area contributed by atoms with E-state index in [1.165, 1.54) is 0 Å². The Labute approximate surface area is 110 Å². The van der Waals surface area contributed by atoms with Gasteiger partial charge in [-0.2, -0.15) is 0 Å². The highest BCUT2D eigenvalue weighted by Gasteiger charge is 2.18. The van der Waals surface area contributed by atoms with Gasteiger partial charge in [0.25, 0.3) is 0 Å². The first kappa shape index (κ1) is 12.9. The van der Waals surface area contributed by atoms with Crippen LogP contribution in [0, 0.1) is 0 Å². The number of thiophene rings is 1. The molecule has 0 aliphatic carbocycles. The average molecular weight is 264 g/mol. The standard InChI is InChI=1S/C13H16N2O2S/c1-16-10-5-3-4-9(8-10)12(15-14)13-11(17-2)6-7-18-13/h3-8,12,15H,14H2,1-2H3. The second kappa shape index (κ2) is 5.86. The van der Waals surface area contributed by atoms with Crippen molar-refractivity contribution in [2.24, 2.45) is 5.84 Å². The largest absolute Gasteiger partial charge is 0.497 e. The van der Waals surface area contributed by atoms with Gasteiger partial charge in [-0.25, -0.2) is 5.43 Å². The van der Waals surface area contributed by atoms with Gasteiger partial charge < -0.3 is 9.47 Å². The first-order valence-electron chi connectivity index (χ1n) is 5.51. The molecule has 1 aromatic heterocycles. The molecule has 3 N–H and O–H groups in total. The maximum absolute atomic E-state index is 5.67. The highest BCUT2D eigenvalue weighted by atomic mass is 32.1. The molecule has 1 aromatic carbocycles. The number of nitrogens with one attached hydrogen (secondary N) is 1. The Balaban J connectivity index is 2.38. The lowest BCUT2D eigenvalue weighted by atomic mass is 10.1. The van der Waals surface area contributed by atoms with E-state index in [0.29, 0.717) is 0 Å². The number of rotatable bonds is 5. The molecule has 0 radical (unpaired) electrons. The first-order valence-corrected chi connectivity index (χ1v) is 6.39. The van der Waals surface area contributed by atoms with Crippen molar-refractivity contribution in [2.75, 3.05) is 14.2 Å². The highest BCUT2D eigenvalue weighted by molar-refractivity contribution is 7.10. The van der Waals surface area contributed by atoms with E-state index in [1.807, 2.05) is 35.7 Å². The minimum Gasteiger partial charge on any atom is -0.497 e. The van der Waals surface area contributed by atoms with E-state index in [4.69, 9.17) is 15.3 Å². The van der Waals surface area contributed by atoms with E-state index in [9.17, 15) is 0 Å². The fourth-order valence-corrected chi connectivity index (χ4v) is 2.78. The van der Waals surface area contributed by atoms with Crippen molar-refractivity contribution in [1.29, 1.82) is 0 Å². The van der Waals surface area contributed by atoms with Crippen molar-refractivity contribution >= 4 is 11.3 Å². The van der Waals surface area contributed by atoms with Crippen LogP contribution in [-0.4, -0.2) is 14.2 Å². The van der Waals surface area contributed by atoms with Gasteiger partial charge in [-0.3, -0.25) is 5.84 Å². The molecule has 2 aromatic rings. The normalized spacial score (nSPS) is 12.2. The van der Waals surface area contributed by atoms with Crippen LogP contribution in [0.4, 0.5) is 0 Å². The quantitative estimate of drug-likeness (QED) is 0.643. The van der Waals surface area contributed by atoms with Gasteiger partial charge in [0.15, 0.2) is 0 Å². The minimum atomic E-state index is -0.102. The Morgan fingerprint density at radius 1 is 1.22 bits per heavy atom. The van der Waals surface area contributed by atoms with Crippen molar-refractivity contribution in [2.45, 2.75) is 6.04 Å². The molecule has 0 fully saturated rings. The zero-order chi connectivity index (χ0) is 13.0. The van der Waals surface area contributed by atoms with Crippen LogP contribution in [0.15, 0.2) is 35.7 Å². The van der Waals surface area contributed by atoms with Crippen molar-refractivity contribution in [3.05, 3.63) is 46.2 Å². The van der Waals surface area contributed by atoms with Gasteiger partial charge in [0.2, 0.25) is 0 Å². The zero-order valence-electron chi connectivity index (χ0n) is 10.3. The van der Waals surface area contributed by atoms with Gasteiger partial charge in [0.1, 0.15) is 11.5 Å². The monoisotopic (exact) mass is 264 g/mol. The molecule has 0 saturated carbocycles. The van der Waals surface area contributed by atoms with E-state index in [1.54, 1.807) is 25.6 Å². The van der Waals surface area contributed by atoms with E-state index in [2.05, 4.69) is 5.43 Å². The first-order chi connectivity index (χ1) is 8.80. The Bertz CT molecular complexity index is 513. The summed E-state index contributed by atoms with van der Waals surface area (Å²) in [5.74, 6) is 7.32. The molecule has 0 bridgehead atoms. The second-order valence-electron chi connectivity index (χ2n) is 3.73. The Hall–Kier alpha value is -1.56.